The van der Waals surface area contributed by atoms with Crippen molar-refractivity contribution in [3.63, 3.8) is 0 Å². The summed E-state index contributed by atoms with van der Waals surface area (Å²) in [4.78, 5) is 11.2. The fourth-order valence-electron chi connectivity index (χ4n) is 5.24. The molecule has 0 spiro atoms. The van der Waals surface area contributed by atoms with Crippen LogP contribution in [-0.2, 0) is 10.3 Å². The molecule has 1 amide bonds. The van der Waals surface area contributed by atoms with Gasteiger partial charge in [-0.3, -0.25) is 0 Å². The van der Waals surface area contributed by atoms with E-state index in [2.05, 4.69) is 58.7 Å². The normalized spacial score (nSPS) is 11.7. The fourth-order valence-corrected chi connectivity index (χ4v) is 5.86. The minimum Gasteiger partial charge on any atom is -0.444 e. The van der Waals surface area contributed by atoms with Gasteiger partial charge in [-0.2, -0.15) is 5.10 Å². The highest BCUT2D eigenvalue weighted by molar-refractivity contribution is 7.10. The smallest absolute Gasteiger partial charge is 0.405 e. The van der Waals surface area contributed by atoms with E-state index >= 15 is 0 Å². The number of nitrogens with two attached hydrogens (primary N) is 1. The first-order chi connectivity index (χ1) is 21.2. The van der Waals surface area contributed by atoms with Gasteiger partial charge in [-0.05, 0) is 79.3 Å². The summed E-state index contributed by atoms with van der Waals surface area (Å²) in [5.41, 5.74) is 8.12. The third-order valence-corrected chi connectivity index (χ3v) is 7.76. The van der Waals surface area contributed by atoms with Gasteiger partial charge in [-0.1, -0.05) is 97.1 Å². The molecular weight excluding hydrogens is 569 g/mol. The zero-order valence-corrected chi connectivity index (χ0v) is 25.7. The highest BCUT2D eigenvalue weighted by Gasteiger charge is 2.40. The van der Waals surface area contributed by atoms with Crippen LogP contribution in [0.3, 0.4) is 0 Å². The van der Waals surface area contributed by atoms with Crippen LogP contribution in [0.15, 0.2) is 127 Å². The summed E-state index contributed by atoms with van der Waals surface area (Å²) in [5, 5.41) is 8.15. The van der Waals surface area contributed by atoms with Crippen molar-refractivity contribution in [2.24, 2.45) is 5.73 Å². The zero-order valence-electron chi connectivity index (χ0n) is 24.9. The number of hydrogen-bond acceptors (Lipinski definition) is 4. The number of rotatable bonds is 6. The van der Waals surface area contributed by atoms with Crippen molar-refractivity contribution in [3.05, 3.63) is 160 Å². The average molecular weight is 604 g/mol. The van der Waals surface area contributed by atoms with Gasteiger partial charge in [0.2, 0.25) is 0 Å². The van der Waals surface area contributed by atoms with E-state index in [1.165, 1.54) is 6.07 Å². The Morgan fingerprint density at radius 1 is 0.795 bits per heavy atom. The molecule has 0 aliphatic heterocycles. The Bertz CT molecular complexity index is 1750. The predicted octanol–water partition coefficient (Wildman–Crippen LogP) is 9.13. The molecule has 222 valence electrons. The number of aromatic nitrogens is 2. The standard InChI is InChI=1S/C32H23FN2S.C5H11NO2/c33-27-18-20-29-30(21-19-28-17-10-22-36-28)34-35(31(29)23-27)32(24-11-4-1-5-12-24,25-13-6-2-7-14-25)26-15-8-3-9-16-26;1-5(2,3)8-4(6)7/h1-23H;1-3H3,(H2,6,7)/b21-19+;. The number of ether oxygens (including phenoxy) is 1. The largest absolute Gasteiger partial charge is 0.444 e. The van der Waals surface area contributed by atoms with E-state index < -0.39 is 17.2 Å². The summed E-state index contributed by atoms with van der Waals surface area (Å²) >= 11 is 1.67. The van der Waals surface area contributed by atoms with Crippen LogP contribution in [0, 0.1) is 5.82 Å². The van der Waals surface area contributed by atoms with E-state index in [0.717, 1.165) is 38.2 Å². The minimum absolute atomic E-state index is 0.291. The number of primary amides is 1. The van der Waals surface area contributed by atoms with E-state index in [4.69, 9.17) is 10.8 Å². The van der Waals surface area contributed by atoms with Crippen molar-refractivity contribution in [1.29, 1.82) is 0 Å². The molecule has 0 bridgehead atoms. The molecule has 0 unspecified atom stereocenters. The van der Waals surface area contributed by atoms with E-state index in [1.807, 2.05) is 77.5 Å². The Morgan fingerprint density at radius 3 is 1.77 bits per heavy atom. The second-order valence-corrected chi connectivity index (χ2v) is 12.1. The second-order valence-electron chi connectivity index (χ2n) is 11.1. The zero-order chi connectivity index (χ0) is 31.2. The fraction of sp³-hybridized carbons (Fsp3) is 0.135. The lowest BCUT2D eigenvalue weighted by Crippen LogP contribution is -2.38. The molecule has 0 aliphatic carbocycles. The number of fused-ring (bicyclic) bond motifs is 1. The van der Waals surface area contributed by atoms with Crippen LogP contribution in [0.25, 0.3) is 23.1 Å². The Balaban J connectivity index is 0.000000426. The van der Waals surface area contributed by atoms with Crippen LogP contribution in [0.1, 0.15) is 48.0 Å². The van der Waals surface area contributed by atoms with Crippen LogP contribution in [0.5, 0.6) is 0 Å². The topological polar surface area (TPSA) is 70.1 Å². The van der Waals surface area contributed by atoms with Gasteiger partial charge in [0.05, 0.1) is 11.2 Å². The average Bonchev–Trinajstić information content (AvgIpc) is 3.66. The van der Waals surface area contributed by atoms with Crippen LogP contribution >= 0.6 is 11.3 Å². The molecule has 6 aromatic rings. The molecule has 7 heteroatoms. The summed E-state index contributed by atoms with van der Waals surface area (Å²) in [7, 11) is 0. The third-order valence-electron chi connectivity index (χ3n) is 6.92. The highest BCUT2D eigenvalue weighted by atomic mass is 32.1. The molecule has 0 radical (unpaired) electrons. The van der Waals surface area contributed by atoms with Gasteiger partial charge in [0.1, 0.15) is 17.0 Å². The third kappa shape index (κ3) is 6.63. The number of carbonyl (C=O) groups is 1. The van der Waals surface area contributed by atoms with Gasteiger partial charge >= 0.3 is 6.09 Å². The monoisotopic (exact) mass is 603 g/mol. The lowest BCUT2D eigenvalue weighted by atomic mass is 9.77. The van der Waals surface area contributed by atoms with Crippen molar-refractivity contribution in [3.8, 4) is 0 Å². The SMILES string of the molecule is CC(C)(C)OC(N)=O.Fc1ccc2c(/C=C/c3cccs3)nn(C(c3ccccc3)(c3ccccc3)c3ccccc3)c2c1. The molecule has 2 heterocycles. The highest BCUT2D eigenvalue weighted by Crippen LogP contribution is 2.43. The van der Waals surface area contributed by atoms with E-state index in [0.29, 0.717) is 0 Å². The number of hydrogen-bond donors (Lipinski definition) is 1. The predicted molar refractivity (Wildman–Crippen MR) is 178 cm³/mol. The van der Waals surface area contributed by atoms with Gasteiger partial charge < -0.3 is 10.5 Å². The molecule has 4 aromatic carbocycles. The molecular formula is C37H34FN3O2S. The first kappa shape index (κ1) is 30.4. The van der Waals surface area contributed by atoms with Gasteiger partial charge in [0.15, 0.2) is 0 Å². The second kappa shape index (κ2) is 13.1. The maximum Gasteiger partial charge on any atom is 0.405 e. The molecule has 0 aliphatic rings. The molecule has 6 rings (SSSR count). The van der Waals surface area contributed by atoms with Gasteiger partial charge in [-0.15, -0.1) is 11.3 Å². The van der Waals surface area contributed by atoms with E-state index in [9.17, 15) is 9.18 Å². The van der Waals surface area contributed by atoms with E-state index in [-0.39, 0.29) is 5.82 Å². The van der Waals surface area contributed by atoms with E-state index in [1.54, 1.807) is 38.2 Å². The quantitative estimate of drug-likeness (QED) is 0.193. The van der Waals surface area contributed by atoms with Crippen LogP contribution < -0.4 is 5.73 Å². The number of carbonyl (C=O) groups excluding carboxylic acids is 1. The first-order valence-corrected chi connectivity index (χ1v) is 15.1. The molecule has 0 saturated carbocycles. The number of thiophene rings is 1. The van der Waals surface area contributed by atoms with Crippen molar-refractivity contribution >= 4 is 40.5 Å². The van der Waals surface area contributed by atoms with Crippen molar-refractivity contribution in [2.45, 2.75) is 31.9 Å². The van der Waals surface area contributed by atoms with Crippen molar-refractivity contribution in [2.75, 3.05) is 0 Å². The Labute approximate surface area is 261 Å². The number of amides is 1. The number of nitrogens with zero attached hydrogens (tertiary/aromatic N) is 2. The maximum absolute atomic E-state index is 14.8. The first-order valence-electron chi connectivity index (χ1n) is 14.2. The number of halogens is 1. The van der Waals surface area contributed by atoms with Gasteiger partial charge in [-0.25, -0.2) is 13.9 Å². The molecule has 44 heavy (non-hydrogen) atoms. The van der Waals surface area contributed by atoms with Crippen LogP contribution in [0.4, 0.5) is 9.18 Å². The summed E-state index contributed by atoms with van der Waals surface area (Å²) in [6.07, 6.45) is 3.36. The minimum atomic E-state index is -0.815. The van der Waals surface area contributed by atoms with Crippen molar-refractivity contribution in [1.82, 2.24) is 9.78 Å². The molecule has 2 aromatic heterocycles. The van der Waals surface area contributed by atoms with Crippen LogP contribution in [0.2, 0.25) is 0 Å². The summed E-state index contributed by atoms with van der Waals surface area (Å²) in [6, 6.07) is 40.0. The van der Waals surface area contributed by atoms with Gasteiger partial charge in [0.25, 0.3) is 0 Å². The van der Waals surface area contributed by atoms with Crippen molar-refractivity contribution < 1.29 is 13.9 Å². The summed E-state index contributed by atoms with van der Waals surface area (Å²) < 4.78 is 21.3. The molecule has 0 saturated heterocycles. The maximum atomic E-state index is 14.8. The molecule has 2 N–H and O–H groups in total. The lowest BCUT2D eigenvalue weighted by molar-refractivity contribution is 0.0600. The van der Waals surface area contributed by atoms with Crippen LogP contribution in [-0.4, -0.2) is 21.5 Å². The molecule has 0 atom stereocenters. The Hall–Kier alpha value is -5.01. The Morgan fingerprint density at radius 2 is 1.34 bits per heavy atom. The molecule has 0 fully saturated rings. The Kier molecular flexibility index (Phi) is 9.07. The summed E-state index contributed by atoms with van der Waals surface area (Å²) in [6.45, 7) is 5.28. The molecule has 5 nitrogen and oxygen atoms in total. The summed E-state index contributed by atoms with van der Waals surface area (Å²) in [5.74, 6) is -0.291. The van der Waals surface area contributed by atoms with Gasteiger partial charge in [0, 0.05) is 10.3 Å². The number of benzene rings is 4. The lowest BCUT2D eigenvalue weighted by Gasteiger charge is -2.37.